The molecule has 1 fully saturated rings. The number of pyridine rings is 1. The highest BCUT2D eigenvalue weighted by molar-refractivity contribution is 5.77. The van der Waals surface area contributed by atoms with E-state index in [1.165, 1.54) is 25.7 Å². The minimum absolute atomic E-state index is 0.487. The lowest BCUT2D eigenvalue weighted by molar-refractivity contribution is 0.189. The lowest BCUT2D eigenvalue weighted by Gasteiger charge is -2.36. The molecule has 1 saturated carbocycles. The van der Waals surface area contributed by atoms with Crippen LogP contribution in [0.1, 0.15) is 45.6 Å². The first-order valence-electron chi connectivity index (χ1n) is 7.26. The molecule has 3 rings (SSSR count). The second-order valence-corrected chi connectivity index (χ2v) is 5.96. The predicted octanol–water partition coefficient (Wildman–Crippen LogP) is 3.40. The van der Waals surface area contributed by atoms with Crippen molar-refractivity contribution < 1.29 is 0 Å². The molecule has 0 spiro atoms. The Hall–Kier alpha value is -1.58. The molecular weight excluding hydrogens is 236 g/mol. The maximum Gasteiger partial charge on any atom is 0.201 e. The Kier molecular flexibility index (Phi) is 3.17. The van der Waals surface area contributed by atoms with Gasteiger partial charge in [-0.05, 0) is 30.7 Å². The quantitative estimate of drug-likeness (QED) is 0.898. The van der Waals surface area contributed by atoms with Gasteiger partial charge in [0.05, 0.1) is 11.7 Å². The van der Waals surface area contributed by atoms with Crippen molar-refractivity contribution >= 4 is 17.0 Å². The Labute approximate surface area is 114 Å². The number of aromatic nitrogens is 3. The van der Waals surface area contributed by atoms with Crippen LogP contribution in [0.3, 0.4) is 0 Å². The van der Waals surface area contributed by atoms with Crippen molar-refractivity contribution in [2.75, 3.05) is 5.73 Å². The van der Waals surface area contributed by atoms with Crippen LogP contribution in [-0.4, -0.2) is 14.5 Å². The maximum atomic E-state index is 6.17. The van der Waals surface area contributed by atoms with Gasteiger partial charge in [-0.15, -0.1) is 0 Å². The molecule has 2 heterocycles. The second-order valence-electron chi connectivity index (χ2n) is 5.96. The largest absolute Gasteiger partial charge is 0.369 e. The number of hydrogen-bond acceptors (Lipinski definition) is 3. The van der Waals surface area contributed by atoms with Gasteiger partial charge in [0.1, 0.15) is 5.52 Å². The molecular formula is C15H22N4. The van der Waals surface area contributed by atoms with Crippen molar-refractivity contribution in [1.82, 2.24) is 14.5 Å². The topological polar surface area (TPSA) is 56.7 Å². The van der Waals surface area contributed by atoms with E-state index in [4.69, 9.17) is 5.73 Å². The number of anilines is 1. The van der Waals surface area contributed by atoms with Gasteiger partial charge in [0.2, 0.25) is 5.95 Å². The molecule has 2 aromatic heterocycles. The number of rotatable bonds is 2. The van der Waals surface area contributed by atoms with Crippen molar-refractivity contribution in [3.05, 3.63) is 18.5 Å². The zero-order chi connectivity index (χ0) is 13.4. The van der Waals surface area contributed by atoms with Gasteiger partial charge in [-0.3, -0.25) is 4.98 Å². The summed E-state index contributed by atoms with van der Waals surface area (Å²) in [5.74, 6) is 2.02. The fourth-order valence-electron chi connectivity index (χ4n) is 3.56. The fourth-order valence-corrected chi connectivity index (χ4v) is 3.56. The summed E-state index contributed by atoms with van der Waals surface area (Å²) in [7, 11) is 0. The molecule has 2 atom stereocenters. The zero-order valence-corrected chi connectivity index (χ0v) is 11.7. The molecule has 0 aromatic carbocycles. The molecule has 0 aliphatic heterocycles. The average molecular weight is 258 g/mol. The van der Waals surface area contributed by atoms with Crippen molar-refractivity contribution in [3.8, 4) is 0 Å². The van der Waals surface area contributed by atoms with E-state index < -0.39 is 0 Å². The smallest absolute Gasteiger partial charge is 0.201 e. The normalized spacial score (nSPS) is 24.2. The summed E-state index contributed by atoms with van der Waals surface area (Å²) in [6.07, 6.45) is 8.77. The van der Waals surface area contributed by atoms with Crippen LogP contribution in [0.25, 0.3) is 11.0 Å². The van der Waals surface area contributed by atoms with E-state index in [-0.39, 0.29) is 0 Å². The highest BCUT2D eigenvalue weighted by atomic mass is 15.2. The molecule has 4 heteroatoms. The number of imidazole rings is 1. The Morgan fingerprint density at radius 1 is 1.32 bits per heavy atom. The van der Waals surface area contributed by atoms with Crippen LogP contribution in [0, 0.1) is 11.8 Å². The van der Waals surface area contributed by atoms with E-state index >= 15 is 0 Å². The van der Waals surface area contributed by atoms with Gasteiger partial charge < -0.3 is 10.3 Å². The number of nitrogen functional groups attached to an aromatic ring is 1. The van der Waals surface area contributed by atoms with Gasteiger partial charge >= 0.3 is 0 Å². The lowest BCUT2D eigenvalue weighted by atomic mass is 9.77. The third kappa shape index (κ3) is 2.09. The van der Waals surface area contributed by atoms with Crippen LogP contribution in [0.5, 0.6) is 0 Å². The van der Waals surface area contributed by atoms with E-state index in [0.717, 1.165) is 11.0 Å². The first-order chi connectivity index (χ1) is 9.18. The van der Waals surface area contributed by atoms with Gasteiger partial charge in [0.15, 0.2) is 0 Å². The zero-order valence-electron chi connectivity index (χ0n) is 11.7. The summed E-state index contributed by atoms with van der Waals surface area (Å²) >= 11 is 0. The molecule has 0 amide bonds. The van der Waals surface area contributed by atoms with E-state index in [1.54, 1.807) is 6.20 Å². The van der Waals surface area contributed by atoms with Crippen LogP contribution in [0.4, 0.5) is 5.95 Å². The van der Waals surface area contributed by atoms with Crippen LogP contribution < -0.4 is 5.73 Å². The molecule has 2 N–H and O–H groups in total. The van der Waals surface area contributed by atoms with Crippen molar-refractivity contribution in [2.24, 2.45) is 11.8 Å². The third-order valence-corrected chi connectivity index (χ3v) is 4.49. The van der Waals surface area contributed by atoms with E-state index in [0.29, 0.717) is 23.8 Å². The van der Waals surface area contributed by atoms with E-state index in [2.05, 4.69) is 28.4 Å². The summed E-state index contributed by atoms with van der Waals surface area (Å²) in [6.45, 7) is 4.64. The number of nitrogens with zero attached hydrogens (tertiary/aromatic N) is 3. The van der Waals surface area contributed by atoms with Crippen LogP contribution >= 0.6 is 0 Å². The van der Waals surface area contributed by atoms with Crippen molar-refractivity contribution in [3.63, 3.8) is 0 Å². The minimum atomic E-state index is 0.487. The monoisotopic (exact) mass is 258 g/mol. The molecule has 0 radical (unpaired) electrons. The Bertz CT molecular complexity index is 573. The van der Waals surface area contributed by atoms with E-state index in [9.17, 15) is 0 Å². The fraction of sp³-hybridized carbons (Fsp3) is 0.600. The van der Waals surface area contributed by atoms with Gasteiger partial charge in [0, 0.05) is 12.2 Å². The summed E-state index contributed by atoms with van der Waals surface area (Å²) in [5, 5.41) is 0. The maximum absolute atomic E-state index is 6.17. The third-order valence-electron chi connectivity index (χ3n) is 4.49. The number of fused-ring (bicyclic) bond motifs is 1. The first-order valence-corrected chi connectivity index (χ1v) is 7.26. The molecule has 1 aliphatic carbocycles. The van der Waals surface area contributed by atoms with Gasteiger partial charge in [-0.1, -0.05) is 26.7 Å². The average Bonchev–Trinajstić information content (AvgIpc) is 2.74. The Balaban J connectivity index is 2.09. The summed E-state index contributed by atoms with van der Waals surface area (Å²) in [6, 6.07) is 2.52. The lowest BCUT2D eigenvalue weighted by Crippen LogP contribution is -2.27. The number of hydrogen-bond donors (Lipinski definition) is 1. The molecule has 4 nitrogen and oxygen atoms in total. The SMILES string of the molecule is CC(C)C1CCCCC1n1c(N)nc2cnccc21. The summed E-state index contributed by atoms with van der Waals surface area (Å²) in [5.41, 5.74) is 8.21. The van der Waals surface area contributed by atoms with Gasteiger partial charge in [-0.25, -0.2) is 4.98 Å². The van der Waals surface area contributed by atoms with Gasteiger partial charge in [-0.2, -0.15) is 0 Å². The highest BCUT2D eigenvalue weighted by Gasteiger charge is 2.30. The minimum Gasteiger partial charge on any atom is -0.369 e. The summed E-state index contributed by atoms with van der Waals surface area (Å²) < 4.78 is 2.25. The Morgan fingerprint density at radius 2 is 2.11 bits per heavy atom. The number of nitrogens with two attached hydrogens (primary N) is 1. The standard InChI is InChI=1S/C15H22N4/c1-10(2)11-5-3-4-6-13(11)19-14-7-8-17-9-12(14)18-15(19)16/h7-11,13H,3-6H2,1-2H3,(H2,16,18). The molecule has 19 heavy (non-hydrogen) atoms. The van der Waals surface area contributed by atoms with Crippen LogP contribution in [0.15, 0.2) is 18.5 Å². The molecule has 0 bridgehead atoms. The second kappa shape index (κ2) is 4.83. The van der Waals surface area contributed by atoms with Crippen molar-refractivity contribution in [2.45, 2.75) is 45.6 Å². The molecule has 102 valence electrons. The first kappa shape index (κ1) is 12.5. The highest BCUT2D eigenvalue weighted by Crippen LogP contribution is 2.41. The summed E-state index contributed by atoms with van der Waals surface area (Å²) in [4.78, 5) is 8.60. The van der Waals surface area contributed by atoms with Crippen LogP contribution in [-0.2, 0) is 0 Å². The van der Waals surface area contributed by atoms with Gasteiger partial charge in [0.25, 0.3) is 0 Å². The van der Waals surface area contributed by atoms with Crippen molar-refractivity contribution in [1.29, 1.82) is 0 Å². The molecule has 1 aliphatic rings. The van der Waals surface area contributed by atoms with E-state index in [1.807, 2.05) is 12.3 Å². The molecule has 0 saturated heterocycles. The molecule has 2 aromatic rings. The Morgan fingerprint density at radius 3 is 2.89 bits per heavy atom. The van der Waals surface area contributed by atoms with Crippen LogP contribution in [0.2, 0.25) is 0 Å². The predicted molar refractivity (Wildman–Crippen MR) is 77.8 cm³/mol. The molecule has 2 unspecified atom stereocenters.